The molecule has 0 aliphatic heterocycles. The molecule has 1 amide bonds. The van der Waals surface area contributed by atoms with Crippen molar-refractivity contribution in [1.29, 1.82) is 0 Å². The summed E-state index contributed by atoms with van der Waals surface area (Å²) in [5.74, 6) is -0.541. The molecule has 0 aliphatic rings. The van der Waals surface area contributed by atoms with Crippen molar-refractivity contribution in [1.82, 2.24) is 19.6 Å². The van der Waals surface area contributed by atoms with Crippen LogP contribution in [0.4, 0.5) is 14.5 Å². The molecule has 0 atom stereocenters. The highest BCUT2D eigenvalue weighted by atomic mass is 19.3. The summed E-state index contributed by atoms with van der Waals surface area (Å²) >= 11 is 0. The summed E-state index contributed by atoms with van der Waals surface area (Å²) in [6, 6.07) is 10.3. The van der Waals surface area contributed by atoms with Crippen molar-refractivity contribution in [3.8, 4) is 0 Å². The highest BCUT2D eigenvalue weighted by molar-refractivity contribution is 6.02. The lowest BCUT2D eigenvalue weighted by atomic mass is 10.2. The maximum absolute atomic E-state index is 12.5. The van der Waals surface area contributed by atoms with Gasteiger partial charge < -0.3 is 5.32 Å². The summed E-state index contributed by atoms with van der Waals surface area (Å²) in [6.07, 6.45) is 4.58. The molecule has 0 fully saturated rings. The summed E-state index contributed by atoms with van der Waals surface area (Å²) in [7, 11) is 0. The predicted molar refractivity (Wildman–Crippen MR) is 79.2 cm³/mol. The molecule has 6 nitrogen and oxygen atoms in total. The minimum Gasteiger partial charge on any atom is -0.321 e. The number of hydrogen-bond acceptors (Lipinski definition) is 3. The number of nitrogens with one attached hydrogen (secondary N) is 1. The monoisotopic (exact) mass is 317 g/mol. The lowest BCUT2D eigenvalue weighted by molar-refractivity contribution is 0.0561. The first-order valence-corrected chi connectivity index (χ1v) is 6.83. The second kappa shape index (κ2) is 6.39. The Balaban J connectivity index is 1.70. The number of benzene rings is 1. The Kier molecular flexibility index (Phi) is 4.13. The summed E-state index contributed by atoms with van der Waals surface area (Å²) in [5.41, 5.74) is 1.44. The van der Waals surface area contributed by atoms with E-state index in [0.29, 0.717) is 16.9 Å². The largest absolute Gasteiger partial charge is 0.333 e. The molecule has 0 bridgehead atoms. The smallest absolute Gasteiger partial charge is 0.321 e. The van der Waals surface area contributed by atoms with Gasteiger partial charge in [0.15, 0.2) is 5.69 Å². The van der Waals surface area contributed by atoms with Crippen molar-refractivity contribution in [3.63, 3.8) is 0 Å². The number of carbonyl (C=O) groups excluding carboxylic acids is 1. The third kappa shape index (κ3) is 3.60. The van der Waals surface area contributed by atoms with Crippen LogP contribution in [-0.4, -0.2) is 25.5 Å². The van der Waals surface area contributed by atoms with Crippen LogP contribution >= 0.6 is 0 Å². The zero-order valence-electron chi connectivity index (χ0n) is 11.9. The van der Waals surface area contributed by atoms with E-state index in [1.54, 1.807) is 29.1 Å². The van der Waals surface area contributed by atoms with Gasteiger partial charge in [-0.15, -0.1) is 0 Å². The summed E-state index contributed by atoms with van der Waals surface area (Å²) < 4.78 is 27.1. The van der Waals surface area contributed by atoms with Crippen LogP contribution < -0.4 is 5.32 Å². The van der Waals surface area contributed by atoms with Gasteiger partial charge in [-0.25, -0.2) is 4.68 Å². The fraction of sp³-hybridized carbons (Fsp3) is 0.133. The van der Waals surface area contributed by atoms with Crippen LogP contribution in [0.2, 0.25) is 0 Å². The Morgan fingerprint density at radius 1 is 1.22 bits per heavy atom. The first kappa shape index (κ1) is 14.9. The number of carbonyl (C=O) groups is 1. The van der Waals surface area contributed by atoms with E-state index in [-0.39, 0.29) is 5.69 Å². The Hall–Kier alpha value is -3.03. The van der Waals surface area contributed by atoms with Crippen molar-refractivity contribution < 1.29 is 13.6 Å². The number of anilines is 1. The highest BCUT2D eigenvalue weighted by Gasteiger charge is 2.13. The van der Waals surface area contributed by atoms with Gasteiger partial charge in [-0.3, -0.25) is 9.48 Å². The van der Waals surface area contributed by atoms with E-state index in [1.165, 1.54) is 6.07 Å². The first-order valence-electron chi connectivity index (χ1n) is 6.83. The lowest BCUT2D eigenvalue weighted by Gasteiger charge is -2.07. The number of amides is 1. The van der Waals surface area contributed by atoms with Crippen molar-refractivity contribution in [2.45, 2.75) is 13.1 Å². The second-order valence-electron chi connectivity index (χ2n) is 4.82. The standard InChI is InChI=1S/C15H13F2N5O/c16-15(17)22-8-5-13(20-22)14(23)19-12-4-1-3-11(9-12)10-21-7-2-6-18-21/h1-9,15H,10H2,(H,19,23). The molecule has 3 aromatic rings. The molecular weight excluding hydrogens is 304 g/mol. The van der Waals surface area contributed by atoms with Crippen molar-refractivity contribution in [3.05, 3.63) is 66.2 Å². The molecule has 0 spiro atoms. The number of nitrogens with zero attached hydrogens (tertiary/aromatic N) is 4. The Morgan fingerprint density at radius 3 is 2.78 bits per heavy atom. The van der Waals surface area contributed by atoms with Crippen LogP contribution in [0, 0.1) is 0 Å². The van der Waals surface area contributed by atoms with Gasteiger partial charge in [0.05, 0.1) is 6.54 Å². The van der Waals surface area contributed by atoms with Gasteiger partial charge >= 0.3 is 6.55 Å². The highest BCUT2D eigenvalue weighted by Crippen LogP contribution is 2.14. The number of aromatic nitrogens is 4. The van der Waals surface area contributed by atoms with Crippen molar-refractivity contribution in [2.24, 2.45) is 0 Å². The van der Waals surface area contributed by atoms with Crippen LogP contribution in [-0.2, 0) is 6.54 Å². The number of hydrogen-bond donors (Lipinski definition) is 1. The van der Waals surface area contributed by atoms with E-state index in [1.807, 2.05) is 18.3 Å². The average Bonchev–Trinajstić information content (AvgIpc) is 3.18. The molecule has 8 heteroatoms. The Morgan fingerprint density at radius 2 is 2.09 bits per heavy atom. The third-order valence-corrected chi connectivity index (χ3v) is 3.13. The number of rotatable bonds is 5. The molecule has 2 heterocycles. The van der Waals surface area contributed by atoms with Gasteiger partial charge in [-0.05, 0) is 29.8 Å². The SMILES string of the molecule is O=C(Nc1cccc(Cn2cccn2)c1)c1ccn(C(F)F)n1. The number of halogens is 2. The predicted octanol–water partition coefficient (Wildman–Crippen LogP) is 2.78. The summed E-state index contributed by atoms with van der Waals surface area (Å²) in [5, 5.41) is 10.3. The average molecular weight is 317 g/mol. The van der Waals surface area contributed by atoms with Crippen LogP contribution in [0.1, 0.15) is 22.6 Å². The van der Waals surface area contributed by atoms with Gasteiger partial charge in [0, 0.05) is 24.3 Å². The van der Waals surface area contributed by atoms with E-state index in [9.17, 15) is 13.6 Å². The molecule has 0 aliphatic carbocycles. The molecule has 0 radical (unpaired) electrons. The van der Waals surface area contributed by atoms with E-state index in [0.717, 1.165) is 11.8 Å². The maximum Gasteiger partial charge on any atom is 0.333 e. The van der Waals surface area contributed by atoms with Crippen molar-refractivity contribution in [2.75, 3.05) is 5.32 Å². The molecule has 2 aromatic heterocycles. The normalized spacial score (nSPS) is 10.9. The van der Waals surface area contributed by atoms with Gasteiger partial charge in [-0.1, -0.05) is 12.1 Å². The molecule has 1 N–H and O–H groups in total. The van der Waals surface area contributed by atoms with Crippen molar-refractivity contribution >= 4 is 11.6 Å². The molecule has 0 saturated heterocycles. The Labute approximate surface area is 130 Å². The molecule has 118 valence electrons. The third-order valence-electron chi connectivity index (χ3n) is 3.13. The van der Waals surface area contributed by atoms with Gasteiger partial charge in [0.25, 0.3) is 5.91 Å². The zero-order valence-corrected chi connectivity index (χ0v) is 11.9. The van der Waals surface area contributed by atoms with E-state index >= 15 is 0 Å². The summed E-state index contributed by atoms with van der Waals surface area (Å²) in [6.45, 7) is -2.20. The molecule has 0 saturated carbocycles. The quantitative estimate of drug-likeness (QED) is 0.787. The molecule has 0 unspecified atom stereocenters. The van der Waals surface area contributed by atoms with Crippen LogP contribution in [0.15, 0.2) is 55.0 Å². The van der Waals surface area contributed by atoms with E-state index in [4.69, 9.17) is 0 Å². The topological polar surface area (TPSA) is 64.7 Å². The maximum atomic E-state index is 12.5. The zero-order chi connectivity index (χ0) is 16.2. The van der Waals surface area contributed by atoms with Gasteiger partial charge in [0.1, 0.15) is 0 Å². The minimum absolute atomic E-state index is 0.0669. The minimum atomic E-state index is -2.77. The van der Waals surface area contributed by atoms with Crippen LogP contribution in [0.3, 0.4) is 0 Å². The molecule has 3 rings (SSSR count). The lowest BCUT2D eigenvalue weighted by Crippen LogP contribution is -2.14. The second-order valence-corrected chi connectivity index (χ2v) is 4.82. The first-order chi connectivity index (χ1) is 11.1. The van der Waals surface area contributed by atoms with Crippen LogP contribution in [0.5, 0.6) is 0 Å². The van der Waals surface area contributed by atoms with Crippen LogP contribution in [0.25, 0.3) is 0 Å². The fourth-order valence-corrected chi connectivity index (χ4v) is 2.09. The molecular formula is C15H13F2N5O. The van der Waals surface area contributed by atoms with Gasteiger partial charge in [0.2, 0.25) is 0 Å². The molecule has 1 aromatic carbocycles. The molecule has 23 heavy (non-hydrogen) atoms. The number of alkyl halides is 2. The van der Waals surface area contributed by atoms with E-state index in [2.05, 4.69) is 15.5 Å². The van der Waals surface area contributed by atoms with Gasteiger partial charge in [-0.2, -0.15) is 19.0 Å². The summed E-state index contributed by atoms with van der Waals surface area (Å²) in [4.78, 5) is 12.0. The Bertz CT molecular complexity index is 798. The van der Waals surface area contributed by atoms with E-state index < -0.39 is 12.5 Å². The fourth-order valence-electron chi connectivity index (χ4n) is 2.09.